The van der Waals surface area contributed by atoms with Crippen LogP contribution < -0.4 is 0 Å². The molecule has 1 atom stereocenters. The van der Waals surface area contributed by atoms with E-state index >= 15 is 0 Å². The Morgan fingerprint density at radius 3 is 0.805 bits per heavy atom. The molecule has 0 aliphatic carbocycles. The summed E-state index contributed by atoms with van der Waals surface area (Å²) < 4.78 is 16.8. The fourth-order valence-electron chi connectivity index (χ4n) is 7.76. The molecule has 0 heterocycles. The Morgan fingerprint density at radius 1 is 0.256 bits per heavy atom. The summed E-state index contributed by atoms with van der Waals surface area (Å²) >= 11 is 0. The van der Waals surface area contributed by atoms with Gasteiger partial charge in [0.15, 0.2) is 6.10 Å². The van der Waals surface area contributed by atoms with Crippen LogP contribution in [-0.2, 0) is 28.6 Å². The van der Waals surface area contributed by atoms with Crippen molar-refractivity contribution in [3.05, 3.63) is 207 Å². The Labute approximate surface area is 502 Å². The van der Waals surface area contributed by atoms with Gasteiger partial charge in [-0.25, -0.2) is 0 Å². The number of esters is 3. The van der Waals surface area contributed by atoms with Gasteiger partial charge in [0, 0.05) is 19.3 Å². The molecule has 0 N–H and O–H groups in total. The maximum absolute atomic E-state index is 12.9. The highest BCUT2D eigenvalue weighted by Gasteiger charge is 2.19. The molecular formula is C76H114O6. The first-order valence-corrected chi connectivity index (χ1v) is 32.1. The fraction of sp³-hybridized carbons (Fsp3) is 0.513. The molecule has 0 spiro atoms. The van der Waals surface area contributed by atoms with Crippen molar-refractivity contribution in [2.75, 3.05) is 13.2 Å². The van der Waals surface area contributed by atoms with Crippen LogP contribution in [-0.4, -0.2) is 37.2 Å². The zero-order chi connectivity index (χ0) is 59.2. The minimum absolute atomic E-state index is 0.134. The first kappa shape index (κ1) is 76.0. The van der Waals surface area contributed by atoms with E-state index in [1.165, 1.54) is 19.3 Å². The van der Waals surface area contributed by atoms with E-state index in [9.17, 15) is 14.4 Å². The minimum atomic E-state index is -0.848. The average molecular weight is 1120 g/mol. The first-order chi connectivity index (χ1) is 40.5. The number of unbranched alkanes of at least 4 members (excludes halogenated alkanes) is 10. The third-order valence-electron chi connectivity index (χ3n) is 12.5. The normalized spacial score (nSPS) is 13.5. The lowest BCUT2D eigenvalue weighted by Crippen LogP contribution is -2.30. The average Bonchev–Trinajstić information content (AvgIpc) is 3.48. The van der Waals surface area contributed by atoms with E-state index in [4.69, 9.17) is 14.2 Å². The van der Waals surface area contributed by atoms with Crippen molar-refractivity contribution < 1.29 is 28.6 Å². The molecule has 0 radical (unpaired) electrons. The second-order valence-electron chi connectivity index (χ2n) is 20.2. The summed E-state index contributed by atoms with van der Waals surface area (Å²) in [6, 6.07) is 0. The summed E-state index contributed by atoms with van der Waals surface area (Å²) in [5.74, 6) is -1.07. The second kappa shape index (κ2) is 67.5. The molecule has 6 nitrogen and oxygen atoms in total. The molecule has 0 aromatic heterocycles. The van der Waals surface area contributed by atoms with Crippen LogP contribution in [0.2, 0.25) is 0 Å². The fourth-order valence-corrected chi connectivity index (χ4v) is 7.76. The van der Waals surface area contributed by atoms with Crippen molar-refractivity contribution >= 4 is 17.9 Å². The third-order valence-corrected chi connectivity index (χ3v) is 12.5. The standard InChI is InChI=1S/C76H114O6/c1-4-7-10-13-16-19-22-25-28-30-32-34-36-37-38-39-41-42-44-46-48-51-54-57-60-63-66-69-75(78)81-72-73(71-80-74(77)68-65-62-59-56-53-50-27-24-21-18-15-12-9-6-3)82-76(79)70-67-64-61-58-55-52-49-47-45-43-40-35-33-31-29-26-23-20-17-14-11-8-5-2/h7-8,10-11,15-20,24-29,32-35,37-38,41-43,45-46,48-49,52,54,57-58,61,73H,4-6,9,12-14,21-23,30-31,36,39-40,44,47,50-51,53,55-56,59-60,62-72H2,1-3H3/b10-7-,11-8-,18-15-,19-16-,20-17-,27-24-,28-25-,29-26-,34-32-,35-33-,38-37-,42-41-,45-43-,48-46-,52-49-,57-54-,61-58-. The molecule has 0 fully saturated rings. The molecule has 0 aromatic rings. The molecule has 454 valence electrons. The topological polar surface area (TPSA) is 78.9 Å². The van der Waals surface area contributed by atoms with Gasteiger partial charge in [0.2, 0.25) is 0 Å². The molecule has 0 aliphatic heterocycles. The Balaban J connectivity index is 4.60. The summed E-state index contributed by atoms with van der Waals surface area (Å²) in [5.41, 5.74) is 0. The zero-order valence-electron chi connectivity index (χ0n) is 51.9. The number of carbonyl (C=O) groups is 3. The minimum Gasteiger partial charge on any atom is -0.462 e. The van der Waals surface area contributed by atoms with Gasteiger partial charge >= 0.3 is 17.9 Å². The maximum Gasteiger partial charge on any atom is 0.306 e. The van der Waals surface area contributed by atoms with Gasteiger partial charge in [-0.05, 0) is 161 Å². The molecule has 0 saturated heterocycles. The van der Waals surface area contributed by atoms with Gasteiger partial charge in [-0.15, -0.1) is 0 Å². The van der Waals surface area contributed by atoms with Crippen LogP contribution in [0.1, 0.15) is 233 Å². The van der Waals surface area contributed by atoms with Crippen molar-refractivity contribution in [2.24, 2.45) is 0 Å². The van der Waals surface area contributed by atoms with Gasteiger partial charge in [-0.3, -0.25) is 14.4 Å². The predicted molar refractivity (Wildman–Crippen MR) is 357 cm³/mol. The molecule has 0 aliphatic rings. The van der Waals surface area contributed by atoms with Gasteiger partial charge in [-0.1, -0.05) is 259 Å². The zero-order valence-corrected chi connectivity index (χ0v) is 51.9. The Bertz CT molecular complexity index is 2020. The van der Waals surface area contributed by atoms with Crippen LogP contribution in [0.5, 0.6) is 0 Å². The molecule has 0 rings (SSSR count). The molecule has 0 amide bonds. The summed E-state index contributed by atoms with van der Waals surface area (Å²) in [4.78, 5) is 38.3. The third kappa shape index (κ3) is 64.8. The van der Waals surface area contributed by atoms with E-state index in [1.807, 2.05) is 0 Å². The smallest absolute Gasteiger partial charge is 0.306 e. The largest absolute Gasteiger partial charge is 0.462 e. The summed E-state index contributed by atoms with van der Waals surface area (Å²) in [6.45, 7) is 6.25. The van der Waals surface area contributed by atoms with E-state index in [-0.39, 0.29) is 38.0 Å². The molecule has 0 bridgehead atoms. The van der Waals surface area contributed by atoms with Crippen molar-refractivity contribution in [3.8, 4) is 0 Å². The summed E-state index contributed by atoms with van der Waals surface area (Å²) in [6.07, 6.45) is 104. The lowest BCUT2D eigenvalue weighted by atomic mass is 10.1. The number of ether oxygens (including phenoxy) is 3. The van der Waals surface area contributed by atoms with Gasteiger partial charge in [0.25, 0.3) is 0 Å². The Morgan fingerprint density at radius 2 is 0.488 bits per heavy atom. The highest BCUT2D eigenvalue weighted by Crippen LogP contribution is 2.12. The van der Waals surface area contributed by atoms with Crippen molar-refractivity contribution in [1.29, 1.82) is 0 Å². The molecule has 82 heavy (non-hydrogen) atoms. The first-order valence-electron chi connectivity index (χ1n) is 32.1. The lowest BCUT2D eigenvalue weighted by Gasteiger charge is -2.18. The number of allylic oxidation sites excluding steroid dienone is 34. The molecule has 0 aromatic carbocycles. The van der Waals surface area contributed by atoms with Crippen LogP contribution in [0.25, 0.3) is 0 Å². The van der Waals surface area contributed by atoms with Gasteiger partial charge < -0.3 is 14.2 Å². The second-order valence-corrected chi connectivity index (χ2v) is 20.2. The van der Waals surface area contributed by atoms with E-state index in [2.05, 4.69) is 227 Å². The number of hydrogen-bond acceptors (Lipinski definition) is 6. The van der Waals surface area contributed by atoms with E-state index in [0.717, 1.165) is 161 Å². The number of carbonyl (C=O) groups excluding carboxylic acids is 3. The van der Waals surface area contributed by atoms with Gasteiger partial charge in [-0.2, -0.15) is 0 Å². The monoisotopic (exact) mass is 1120 g/mol. The van der Waals surface area contributed by atoms with Crippen LogP contribution in [0.4, 0.5) is 0 Å². The number of rotatable bonds is 55. The van der Waals surface area contributed by atoms with Crippen molar-refractivity contribution in [2.45, 2.75) is 239 Å². The SMILES string of the molecule is CC/C=C\C/C=C\C/C=C\C/C=C\C/C=C\C/C=C\C/C=C\C/C=C\CCCCC(=O)OCC(COC(=O)CCCCCCC/C=C\C/C=C\CCCC)OC(=O)CCC/C=C\C/C=C\C/C=C\C/C=C\C/C=C\C/C=C\C/C=C\CC. The van der Waals surface area contributed by atoms with Crippen molar-refractivity contribution in [3.63, 3.8) is 0 Å². The van der Waals surface area contributed by atoms with E-state index in [0.29, 0.717) is 19.3 Å². The van der Waals surface area contributed by atoms with Crippen LogP contribution >= 0.6 is 0 Å². The summed E-state index contributed by atoms with van der Waals surface area (Å²) in [5, 5.41) is 0. The van der Waals surface area contributed by atoms with Crippen LogP contribution in [0, 0.1) is 0 Å². The van der Waals surface area contributed by atoms with Crippen LogP contribution in [0.15, 0.2) is 207 Å². The Kier molecular flexibility index (Phi) is 62.5. The highest BCUT2D eigenvalue weighted by molar-refractivity contribution is 5.71. The van der Waals surface area contributed by atoms with Crippen molar-refractivity contribution in [1.82, 2.24) is 0 Å². The highest BCUT2D eigenvalue weighted by atomic mass is 16.6. The molecular weight excluding hydrogens is 1010 g/mol. The summed E-state index contributed by atoms with van der Waals surface area (Å²) in [7, 11) is 0. The lowest BCUT2D eigenvalue weighted by molar-refractivity contribution is -0.167. The maximum atomic E-state index is 12.9. The molecule has 0 saturated carbocycles. The van der Waals surface area contributed by atoms with Gasteiger partial charge in [0.1, 0.15) is 13.2 Å². The number of hydrogen-bond donors (Lipinski definition) is 0. The predicted octanol–water partition coefficient (Wildman–Crippen LogP) is 22.4. The van der Waals surface area contributed by atoms with Gasteiger partial charge in [0.05, 0.1) is 0 Å². The molecule has 1 unspecified atom stereocenters. The Hall–Kier alpha value is -6.01. The van der Waals surface area contributed by atoms with Crippen LogP contribution in [0.3, 0.4) is 0 Å². The van der Waals surface area contributed by atoms with E-state index in [1.54, 1.807) is 0 Å². The quantitative estimate of drug-likeness (QED) is 0.0261. The van der Waals surface area contributed by atoms with E-state index < -0.39 is 12.1 Å². The molecule has 6 heteroatoms.